The molecule has 0 radical (unpaired) electrons. The van der Waals surface area contributed by atoms with Crippen LogP contribution in [0.3, 0.4) is 0 Å². The van der Waals surface area contributed by atoms with Gasteiger partial charge in [0.1, 0.15) is 11.6 Å². The van der Waals surface area contributed by atoms with E-state index in [-0.39, 0.29) is 11.8 Å². The average Bonchev–Trinajstić information content (AvgIpc) is 2.69. The van der Waals surface area contributed by atoms with Crippen LogP contribution in [0, 0.1) is 5.92 Å². The Labute approximate surface area is 128 Å². The van der Waals surface area contributed by atoms with Crippen LogP contribution in [0.1, 0.15) is 44.3 Å². The highest BCUT2D eigenvalue weighted by Crippen LogP contribution is 2.22. The Bertz CT molecular complexity index is 491. The zero-order valence-corrected chi connectivity index (χ0v) is 13.9. The van der Waals surface area contributed by atoms with Gasteiger partial charge in [-0.25, -0.2) is 4.79 Å². The van der Waals surface area contributed by atoms with Gasteiger partial charge >= 0.3 is 5.97 Å². The second-order valence-corrected chi connectivity index (χ2v) is 7.55. The predicted octanol–water partition coefficient (Wildman–Crippen LogP) is 3.50. The number of rotatable bonds is 4. The zero-order chi connectivity index (χ0) is 15.5. The molecule has 0 fully saturated rings. The molecule has 1 aromatic heterocycles. The number of halogens is 1. The number of esters is 1. The van der Waals surface area contributed by atoms with E-state index in [1.807, 2.05) is 13.8 Å². The summed E-state index contributed by atoms with van der Waals surface area (Å²) >= 11 is 6.98. The van der Waals surface area contributed by atoms with Crippen molar-refractivity contribution in [3.05, 3.63) is 21.3 Å². The van der Waals surface area contributed by atoms with E-state index >= 15 is 0 Å². The summed E-state index contributed by atoms with van der Waals surface area (Å²) in [5.74, 6) is -0.806. The van der Waals surface area contributed by atoms with Gasteiger partial charge in [0.2, 0.25) is 0 Å². The predicted molar refractivity (Wildman–Crippen MR) is 81.3 cm³/mol. The first-order valence-electron chi connectivity index (χ1n) is 6.39. The Morgan fingerprint density at radius 3 is 2.30 bits per heavy atom. The highest BCUT2D eigenvalue weighted by atomic mass is 35.5. The first-order chi connectivity index (χ1) is 9.10. The summed E-state index contributed by atoms with van der Waals surface area (Å²) in [4.78, 5) is 24.7. The molecule has 20 heavy (non-hydrogen) atoms. The van der Waals surface area contributed by atoms with Gasteiger partial charge in [-0.15, -0.1) is 11.3 Å². The van der Waals surface area contributed by atoms with Crippen molar-refractivity contribution in [3.63, 3.8) is 0 Å². The molecule has 1 heterocycles. The molecule has 0 saturated heterocycles. The lowest BCUT2D eigenvalue weighted by atomic mass is 10.0. The summed E-state index contributed by atoms with van der Waals surface area (Å²) in [6, 6.07) is 2.61. The van der Waals surface area contributed by atoms with Gasteiger partial charge in [-0.05, 0) is 38.8 Å². The molecule has 1 atom stereocenters. The zero-order valence-electron chi connectivity index (χ0n) is 12.3. The monoisotopic (exact) mass is 317 g/mol. The molecular weight excluding hydrogens is 298 g/mol. The maximum atomic E-state index is 12.1. The fourth-order valence-corrected chi connectivity index (χ4v) is 2.46. The first-order valence-corrected chi connectivity index (χ1v) is 7.58. The van der Waals surface area contributed by atoms with Crippen LogP contribution < -0.4 is 5.32 Å². The minimum absolute atomic E-state index is 0.0655. The summed E-state index contributed by atoms with van der Waals surface area (Å²) in [5, 5.41) is 2.71. The molecule has 0 spiro atoms. The Morgan fingerprint density at radius 1 is 1.30 bits per heavy atom. The van der Waals surface area contributed by atoms with Gasteiger partial charge in [0.05, 0.1) is 9.21 Å². The molecule has 0 unspecified atom stereocenters. The van der Waals surface area contributed by atoms with Crippen LogP contribution in [0.5, 0.6) is 0 Å². The summed E-state index contributed by atoms with van der Waals surface area (Å²) in [5.41, 5.74) is -0.582. The van der Waals surface area contributed by atoms with Crippen molar-refractivity contribution in [3.8, 4) is 0 Å². The van der Waals surface area contributed by atoms with E-state index in [2.05, 4.69) is 5.32 Å². The minimum atomic E-state index is -0.678. The topological polar surface area (TPSA) is 55.4 Å². The second kappa shape index (κ2) is 6.59. The number of hydrogen-bond acceptors (Lipinski definition) is 4. The van der Waals surface area contributed by atoms with Gasteiger partial charge in [0.15, 0.2) is 0 Å². The molecule has 1 N–H and O–H groups in total. The lowest BCUT2D eigenvalue weighted by Gasteiger charge is -2.26. The van der Waals surface area contributed by atoms with Crippen LogP contribution in [-0.4, -0.2) is 23.5 Å². The summed E-state index contributed by atoms with van der Waals surface area (Å²) < 4.78 is 5.86. The molecule has 0 bridgehead atoms. The maximum Gasteiger partial charge on any atom is 0.329 e. The molecule has 4 nitrogen and oxygen atoms in total. The normalized spacial score (nSPS) is 13.2. The second-order valence-electron chi connectivity index (χ2n) is 5.83. The molecule has 112 valence electrons. The van der Waals surface area contributed by atoms with Crippen molar-refractivity contribution in [1.29, 1.82) is 0 Å². The lowest BCUT2D eigenvalue weighted by Crippen LogP contribution is -2.47. The van der Waals surface area contributed by atoms with Gasteiger partial charge in [-0.2, -0.15) is 0 Å². The summed E-state index contributed by atoms with van der Waals surface area (Å²) in [7, 11) is 0. The average molecular weight is 318 g/mol. The van der Waals surface area contributed by atoms with Crippen LogP contribution in [0.15, 0.2) is 12.1 Å². The van der Waals surface area contributed by atoms with E-state index in [0.717, 1.165) is 0 Å². The van der Waals surface area contributed by atoms with E-state index in [0.29, 0.717) is 9.21 Å². The lowest BCUT2D eigenvalue weighted by molar-refractivity contribution is -0.158. The van der Waals surface area contributed by atoms with Crippen molar-refractivity contribution in [2.75, 3.05) is 0 Å². The van der Waals surface area contributed by atoms with Crippen molar-refractivity contribution in [2.24, 2.45) is 5.92 Å². The largest absolute Gasteiger partial charge is 0.458 e. The third-order valence-corrected chi connectivity index (χ3v) is 3.64. The number of carbonyl (C=O) groups excluding carboxylic acids is 2. The van der Waals surface area contributed by atoms with E-state index in [1.54, 1.807) is 32.9 Å². The molecule has 1 rings (SSSR count). The fourth-order valence-electron chi connectivity index (χ4n) is 1.51. The van der Waals surface area contributed by atoms with E-state index in [9.17, 15) is 9.59 Å². The van der Waals surface area contributed by atoms with Crippen LogP contribution in [-0.2, 0) is 9.53 Å². The molecule has 6 heteroatoms. The van der Waals surface area contributed by atoms with Crippen molar-refractivity contribution >= 4 is 34.8 Å². The number of nitrogens with one attached hydrogen (secondary N) is 1. The van der Waals surface area contributed by atoms with E-state index in [1.165, 1.54) is 11.3 Å². The highest BCUT2D eigenvalue weighted by molar-refractivity contribution is 7.18. The Hall–Kier alpha value is -1.07. The third-order valence-electron chi connectivity index (χ3n) is 2.41. The molecule has 0 aliphatic heterocycles. The maximum absolute atomic E-state index is 12.1. The minimum Gasteiger partial charge on any atom is -0.458 e. The number of ether oxygens (including phenoxy) is 1. The molecular formula is C14H20ClNO3S. The highest BCUT2D eigenvalue weighted by Gasteiger charge is 2.29. The Kier molecular flexibility index (Phi) is 5.59. The number of thiophene rings is 1. The SMILES string of the molecule is CC(C)[C@@H](NC(=O)c1ccc(Cl)s1)C(=O)OC(C)(C)C. The summed E-state index contributed by atoms with van der Waals surface area (Å²) in [6.45, 7) is 9.10. The van der Waals surface area contributed by atoms with Gasteiger partial charge in [-0.3, -0.25) is 4.79 Å². The van der Waals surface area contributed by atoms with Gasteiger partial charge in [0, 0.05) is 0 Å². The standard InChI is InChI=1S/C14H20ClNO3S/c1-8(2)11(13(18)19-14(3,4)5)16-12(17)9-6-7-10(15)20-9/h6-8,11H,1-5H3,(H,16,17)/t11-/m1/s1. The van der Waals surface area contributed by atoms with E-state index < -0.39 is 17.6 Å². The Balaban J connectivity index is 2.77. The van der Waals surface area contributed by atoms with Crippen molar-refractivity contribution < 1.29 is 14.3 Å². The third kappa shape index (κ3) is 5.13. The van der Waals surface area contributed by atoms with Crippen LogP contribution in [0.2, 0.25) is 4.34 Å². The van der Waals surface area contributed by atoms with Crippen molar-refractivity contribution in [2.45, 2.75) is 46.3 Å². The number of amides is 1. The molecule has 0 aliphatic carbocycles. The summed E-state index contributed by atoms with van der Waals surface area (Å²) in [6.07, 6.45) is 0. The number of carbonyl (C=O) groups is 2. The van der Waals surface area contributed by atoms with Crippen molar-refractivity contribution in [1.82, 2.24) is 5.32 Å². The van der Waals surface area contributed by atoms with Crippen LogP contribution in [0.25, 0.3) is 0 Å². The number of hydrogen-bond donors (Lipinski definition) is 1. The molecule has 1 aromatic rings. The molecule has 0 aliphatic rings. The molecule has 0 saturated carbocycles. The Morgan fingerprint density at radius 2 is 1.90 bits per heavy atom. The van der Waals surface area contributed by atoms with Gasteiger partial charge in [-0.1, -0.05) is 25.4 Å². The molecule has 0 aromatic carbocycles. The van der Waals surface area contributed by atoms with Gasteiger partial charge in [0.25, 0.3) is 5.91 Å². The van der Waals surface area contributed by atoms with Gasteiger partial charge < -0.3 is 10.1 Å². The first kappa shape index (κ1) is 17.0. The molecule has 1 amide bonds. The van der Waals surface area contributed by atoms with Crippen LogP contribution in [0.4, 0.5) is 0 Å². The fraction of sp³-hybridized carbons (Fsp3) is 0.571. The van der Waals surface area contributed by atoms with E-state index in [4.69, 9.17) is 16.3 Å². The quantitative estimate of drug-likeness (QED) is 0.865. The van der Waals surface area contributed by atoms with Crippen LogP contribution >= 0.6 is 22.9 Å². The smallest absolute Gasteiger partial charge is 0.329 e.